The summed E-state index contributed by atoms with van der Waals surface area (Å²) in [7, 11) is 0. The number of aromatic nitrogens is 1. The van der Waals surface area contributed by atoms with Gasteiger partial charge < -0.3 is 11.5 Å². The molecular weight excluding hydrogens is 238 g/mol. The van der Waals surface area contributed by atoms with E-state index in [1.807, 2.05) is 31.2 Å². The number of hydrogen-bond acceptors (Lipinski definition) is 4. The van der Waals surface area contributed by atoms with Crippen molar-refractivity contribution in [1.82, 2.24) is 4.98 Å². The third-order valence-electron chi connectivity index (χ3n) is 3.06. The average molecular weight is 255 g/mol. The fourth-order valence-electron chi connectivity index (χ4n) is 2.14. The number of benzene rings is 1. The molecule has 0 aliphatic rings. The van der Waals surface area contributed by atoms with Crippen molar-refractivity contribution in [2.45, 2.75) is 19.9 Å². The molecule has 19 heavy (non-hydrogen) atoms. The molecule has 4 nitrogen and oxygen atoms in total. The maximum atomic E-state index is 12.1. The molecule has 0 aliphatic heterocycles. The number of nitrogens with zero attached hydrogens (tertiary/aromatic N) is 1. The van der Waals surface area contributed by atoms with E-state index in [9.17, 15) is 4.79 Å². The molecule has 0 spiro atoms. The minimum atomic E-state index is 0.0979. The van der Waals surface area contributed by atoms with Gasteiger partial charge >= 0.3 is 0 Å². The fraction of sp³-hybridized carbons (Fsp3) is 0.200. The van der Waals surface area contributed by atoms with Crippen molar-refractivity contribution >= 4 is 11.6 Å². The van der Waals surface area contributed by atoms with Crippen LogP contribution in [-0.2, 0) is 6.54 Å². The molecule has 2 rings (SSSR count). The molecule has 4 heteroatoms. The van der Waals surface area contributed by atoms with Gasteiger partial charge in [-0.25, -0.2) is 4.98 Å². The molecule has 0 bridgehead atoms. The molecule has 1 aromatic carbocycles. The molecular formula is C15H17N3O. The van der Waals surface area contributed by atoms with Crippen LogP contribution < -0.4 is 11.5 Å². The van der Waals surface area contributed by atoms with Gasteiger partial charge in [0.05, 0.1) is 0 Å². The van der Waals surface area contributed by atoms with E-state index in [4.69, 9.17) is 11.5 Å². The van der Waals surface area contributed by atoms with Crippen molar-refractivity contribution in [3.05, 3.63) is 47.7 Å². The van der Waals surface area contributed by atoms with Crippen LogP contribution in [0.4, 0.5) is 5.82 Å². The molecule has 0 saturated heterocycles. The van der Waals surface area contributed by atoms with Gasteiger partial charge in [0.1, 0.15) is 5.82 Å². The number of anilines is 1. The van der Waals surface area contributed by atoms with Gasteiger partial charge in [-0.1, -0.05) is 25.1 Å². The number of nitrogens with two attached hydrogens (primary N) is 2. The van der Waals surface area contributed by atoms with E-state index in [0.717, 1.165) is 16.7 Å². The summed E-state index contributed by atoms with van der Waals surface area (Å²) in [5.41, 5.74) is 14.9. The summed E-state index contributed by atoms with van der Waals surface area (Å²) in [6, 6.07) is 9.23. The van der Waals surface area contributed by atoms with Crippen LogP contribution in [0, 0.1) is 0 Å². The highest BCUT2D eigenvalue weighted by molar-refractivity contribution is 6.03. The van der Waals surface area contributed by atoms with E-state index in [0.29, 0.717) is 24.3 Å². The van der Waals surface area contributed by atoms with Crippen LogP contribution in [0.15, 0.2) is 36.5 Å². The SMILES string of the molecule is CCC(=O)c1cccc(CN)c1-c1ccnc(N)c1. The molecule has 0 amide bonds. The lowest BCUT2D eigenvalue weighted by Crippen LogP contribution is -2.06. The quantitative estimate of drug-likeness (QED) is 0.822. The lowest BCUT2D eigenvalue weighted by atomic mass is 9.92. The summed E-state index contributed by atoms with van der Waals surface area (Å²) >= 11 is 0. The van der Waals surface area contributed by atoms with E-state index in [1.165, 1.54) is 0 Å². The first-order chi connectivity index (χ1) is 9.17. The number of carbonyl (C=O) groups excluding carboxylic acids is 1. The fourth-order valence-corrected chi connectivity index (χ4v) is 2.14. The van der Waals surface area contributed by atoms with Crippen molar-refractivity contribution in [2.75, 3.05) is 5.73 Å². The standard InChI is InChI=1S/C15H17N3O/c1-2-13(19)12-5-3-4-11(9-16)15(12)10-6-7-18-14(17)8-10/h3-8H,2,9,16H2,1H3,(H2,17,18). The van der Waals surface area contributed by atoms with Gasteiger partial charge in [-0.15, -0.1) is 0 Å². The van der Waals surface area contributed by atoms with E-state index >= 15 is 0 Å². The molecule has 0 fully saturated rings. The second-order valence-electron chi connectivity index (χ2n) is 4.29. The first-order valence-electron chi connectivity index (χ1n) is 6.24. The minimum Gasteiger partial charge on any atom is -0.384 e. The number of carbonyl (C=O) groups is 1. The average Bonchev–Trinajstić information content (AvgIpc) is 2.45. The number of ketones is 1. The Morgan fingerprint density at radius 3 is 2.74 bits per heavy atom. The summed E-state index contributed by atoms with van der Waals surface area (Å²) in [5.74, 6) is 0.528. The summed E-state index contributed by atoms with van der Waals surface area (Å²) in [6.07, 6.45) is 2.10. The van der Waals surface area contributed by atoms with Crippen molar-refractivity contribution in [2.24, 2.45) is 5.73 Å². The Morgan fingerprint density at radius 1 is 1.32 bits per heavy atom. The molecule has 4 N–H and O–H groups in total. The zero-order valence-corrected chi connectivity index (χ0v) is 10.9. The van der Waals surface area contributed by atoms with Gasteiger partial charge in [0.15, 0.2) is 5.78 Å². The van der Waals surface area contributed by atoms with E-state index in [2.05, 4.69) is 4.98 Å². The summed E-state index contributed by atoms with van der Waals surface area (Å²) in [5, 5.41) is 0. The number of pyridine rings is 1. The first kappa shape index (κ1) is 13.2. The Labute approximate surface area is 112 Å². The molecule has 0 saturated carbocycles. The van der Waals surface area contributed by atoms with E-state index < -0.39 is 0 Å². The molecule has 0 aliphatic carbocycles. The number of Topliss-reactive ketones (excluding diaryl/α,β-unsaturated/α-hetero) is 1. The van der Waals surface area contributed by atoms with Gasteiger partial charge in [0.2, 0.25) is 0 Å². The van der Waals surface area contributed by atoms with Crippen molar-refractivity contribution in [3.8, 4) is 11.1 Å². The first-order valence-corrected chi connectivity index (χ1v) is 6.24. The molecule has 0 unspecified atom stereocenters. The van der Waals surface area contributed by atoms with E-state index in [-0.39, 0.29) is 5.78 Å². The van der Waals surface area contributed by atoms with Crippen LogP contribution in [-0.4, -0.2) is 10.8 Å². The van der Waals surface area contributed by atoms with Crippen LogP contribution in [0.1, 0.15) is 29.3 Å². The van der Waals surface area contributed by atoms with Gasteiger partial charge in [0, 0.05) is 24.7 Å². The Hall–Kier alpha value is -2.20. The Kier molecular flexibility index (Phi) is 3.92. The van der Waals surface area contributed by atoms with Crippen LogP contribution in [0.5, 0.6) is 0 Å². The van der Waals surface area contributed by atoms with Crippen molar-refractivity contribution < 1.29 is 4.79 Å². The highest BCUT2D eigenvalue weighted by atomic mass is 16.1. The lowest BCUT2D eigenvalue weighted by molar-refractivity contribution is 0.0988. The van der Waals surface area contributed by atoms with Crippen LogP contribution >= 0.6 is 0 Å². The maximum Gasteiger partial charge on any atom is 0.163 e. The normalized spacial score (nSPS) is 10.4. The zero-order chi connectivity index (χ0) is 13.8. The second-order valence-corrected chi connectivity index (χ2v) is 4.29. The Balaban J connectivity index is 2.68. The smallest absolute Gasteiger partial charge is 0.163 e. The lowest BCUT2D eigenvalue weighted by Gasteiger charge is -2.13. The van der Waals surface area contributed by atoms with Gasteiger partial charge in [-0.05, 0) is 28.8 Å². The molecule has 2 aromatic rings. The molecule has 0 atom stereocenters. The van der Waals surface area contributed by atoms with E-state index in [1.54, 1.807) is 12.3 Å². The third kappa shape index (κ3) is 2.63. The Morgan fingerprint density at radius 2 is 2.11 bits per heavy atom. The summed E-state index contributed by atoms with van der Waals surface area (Å²) in [4.78, 5) is 16.1. The summed E-state index contributed by atoms with van der Waals surface area (Å²) in [6.45, 7) is 2.23. The van der Waals surface area contributed by atoms with Gasteiger partial charge in [-0.3, -0.25) is 4.79 Å². The Bertz CT molecular complexity index is 608. The van der Waals surface area contributed by atoms with Crippen molar-refractivity contribution in [1.29, 1.82) is 0 Å². The van der Waals surface area contributed by atoms with Crippen LogP contribution in [0.2, 0.25) is 0 Å². The zero-order valence-electron chi connectivity index (χ0n) is 10.9. The van der Waals surface area contributed by atoms with Crippen molar-refractivity contribution in [3.63, 3.8) is 0 Å². The van der Waals surface area contributed by atoms with Crippen LogP contribution in [0.25, 0.3) is 11.1 Å². The minimum absolute atomic E-state index is 0.0979. The summed E-state index contributed by atoms with van der Waals surface area (Å²) < 4.78 is 0. The maximum absolute atomic E-state index is 12.1. The van der Waals surface area contributed by atoms with Gasteiger partial charge in [0.25, 0.3) is 0 Å². The van der Waals surface area contributed by atoms with Crippen LogP contribution in [0.3, 0.4) is 0 Å². The predicted octanol–water partition coefficient (Wildman–Crippen LogP) is 2.38. The highest BCUT2D eigenvalue weighted by Gasteiger charge is 2.14. The molecule has 98 valence electrons. The predicted molar refractivity (Wildman–Crippen MR) is 76.6 cm³/mol. The monoisotopic (exact) mass is 255 g/mol. The highest BCUT2D eigenvalue weighted by Crippen LogP contribution is 2.29. The molecule has 0 radical (unpaired) electrons. The molecule has 1 heterocycles. The number of hydrogen-bond donors (Lipinski definition) is 2. The van der Waals surface area contributed by atoms with Gasteiger partial charge in [-0.2, -0.15) is 0 Å². The number of nitrogen functional groups attached to an aromatic ring is 1. The third-order valence-corrected chi connectivity index (χ3v) is 3.06. The largest absolute Gasteiger partial charge is 0.384 e. The second kappa shape index (κ2) is 5.63. The number of rotatable bonds is 4. The molecule has 1 aromatic heterocycles. The topological polar surface area (TPSA) is 82.0 Å².